The smallest absolute Gasteiger partial charge is 0.408 e. The Morgan fingerprint density at radius 3 is 2.41 bits per heavy atom. The van der Waals surface area contributed by atoms with Gasteiger partial charge in [-0.2, -0.15) is 12.6 Å². The maximum atomic E-state index is 13.5. The van der Waals surface area contributed by atoms with E-state index in [2.05, 4.69) is 23.3 Å². The average Bonchev–Trinajstić information content (AvgIpc) is 2.70. The van der Waals surface area contributed by atoms with Crippen LogP contribution in [0.2, 0.25) is 0 Å². The van der Waals surface area contributed by atoms with E-state index in [1.807, 2.05) is 13.8 Å². The van der Waals surface area contributed by atoms with Crippen molar-refractivity contribution in [2.24, 2.45) is 0 Å². The van der Waals surface area contributed by atoms with Gasteiger partial charge in [0.25, 0.3) is 0 Å². The largest absolute Gasteiger partial charge is 0.508 e. The number of benzene rings is 1. The summed E-state index contributed by atoms with van der Waals surface area (Å²) in [6.45, 7) is 9.85. The quantitative estimate of drug-likeness (QED) is 0.295. The lowest BCUT2D eigenvalue weighted by Crippen LogP contribution is -2.54. The molecule has 3 N–H and O–H groups in total. The highest BCUT2D eigenvalue weighted by Gasteiger charge is 2.35. The van der Waals surface area contributed by atoms with Crippen LogP contribution in [0.15, 0.2) is 24.3 Å². The number of carbonyl (C=O) groups is 3. The molecule has 3 amide bonds. The first-order valence-corrected chi connectivity index (χ1v) is 11.6. The van der Waals surface area contributed by atoms with Crippen molar-refractivity contribution in [1.82, 2.24) is 15.5 Å². The third-order valence-electron chi connectivity index (χ3n) is 4.49. The van der Waals surface area contributed by atoms with Gasteiger partial charge in [0.1, 0.15) is 23.4 Å². The number of phenols is 1. The first kappa shape index (κ1) is 27.6. The molecule has 0 aliphatic heterocycles. The van der Waals surface area contributed by atoms with E-state index < -0.39 is 29.7 Å². The van der Waals surface area contributed by atoms with Crippen molar-refractivity contribution in [3.05, 3.63) is 29.8 Å². The summed E-state index contributed by atoms with van der Waals surface area (Å²) in [5.41, 5.74) is -0.239. The fourth-order valence-electron chi connectivity index (χ4n) is 3.10. The number of phenolic OH excluding ortho intramolecular Hbond substituents is 1. The van der Waals surface area contributed by atoms with Crippen LogP contribution in [-0.4, -0.2) is 58.4 Å². The number of ether oxygens (including phenoxy) is 1. The predicted octanol–water partition coefficient (Wildman–Crippen LogP) is 3.41. The summed E-state index contributed by atoms with van der Waals surface area (Å²) in [5, 5.41) is 15.4. The van der Waals surface area contributed by atoms with Crippen molar-refractivity contribution >= 4 is 30.5 Å². The molecule has 0 saturated carbocycles. The second-order valence-corrected chi connectivity index (χ2v) is 8.92. The maximum Gasteiger partial charge on any atom is 0.408 e. The zero-order chi connectivity index (χ0) is 24.3. The summed E-state index contributed by atoms with van der Waals surface area (Å²) in [6.07, 6.45) is 1.58. The van der Waals surface area contributed by atoms with Gasteiger partial charge in [-0.1, -0.05) is 32.4 Å². The Bertz CT molecular complexity index is 766. The van der Waals surface area contributed by atoms with Crippen molar-refractivity contribution < 1.29 is 24.2 Å². The maximum absolute atomic E-state index is 13.5. The van der Waals surface area contributed by atoms with Crippen molar-refractivity contribution in [3.8, 4) is 5.75 Å². The molecule has 9 heteroatoms. The molecule has 1 aromatic carbocycles. The first-order valence-electron chi connectivity index (χ1n) is 11.0. The van der Waals surface area contributed by atoms with Crippen LogP contribution in [0.4, 0.5) is 4.79 Å². The lowest BCUT2D eigenvalue weighted by molar-refractivity contribution is -0.142. The van der Waals surface area contributed by atoms with E-state index in [0.717, 1.165) is 12.8 Å². The number of nitrogens with one attached hydrogen (secondary N) is 2. The van der Waals surface area contributed by atoms with E-state index in [9.17, 15) is 19.5 Å². The van der Waals surface area contributed by atoms with Gasteiger partial charge in [-0.15, -0.1) is 0 Å². The van der Waals surface area contributed by atoms with Crippen LogP contribution in [0.3, 0.4) is 0 Å². The van der Waals surface area contributed by atoms with Gasteiger partial charge in [0.15, 0.2) is 0 Å². The lowest BCUT2D eigenvalue weighted by Gasteiger charge is -2.34. The van der Waals surface area contributed by atoms with E-state index in [0.29, 0.717) is 18.5 Å². The van der Waals surface area contributed by atoms with Crippen molar-refractivity contribution in [2.75, 3.05) is 18.8 Å². The van der Waals surface area contributed by atoms with E-state index in [1.165, 1.54) is 17.0 Å². The number of hydrogen-bond donors (Lipinski definition) is 4. The second-order valence-electron chi connectivity index (χ2n) is 8.56. The fourth-order valence-corrected chi connectivity index (χ4v) is 3.34. The summed E-state index contributed by atoms with van der Waals surface area (Å²) in [5.74, 6) is -0.772. The number of aromatic hydroxyl groups is 1. The second kappa shape index (κ2) is 13.2. The van der Waals surface area contributed by atoms with E-state index >= 15 is 0 Å². The van der Waals surface area contributed by atoms with Gasteiger partial charge in [0.2, 0.25) is 11.8 Å². The molecule has 0 heterocycles. The zero-order valence-electron chi connectivity index (χ0n) is 19.7. The van der Waals surface area contributed by atoms with Gasteiger partial charge in [0.05, 0.1) is 0 Å². The molecular formula is C23H37N3O5S. The van der Waals surface area contributed by atoms with Crippen LogP contribution in [0.5, 0.6) is 5.75 Å². The molecule has 180 valence electrons. The molecule has 2 unspecified atom stereocenters. The van der Waals surface area contributed by atoms with Crippen molar-refractivity contribution in [2.45, 2.75) is 71.6 Å². The molecule has 0 spiro atoms. The highest BCUT2D eigenvalue weighted by atomic mass is 32.1. The van der Waals surface area contributed by atoms with Crippen LogP contribution < -0.4 is 10.6 Å². The normalized spacial score (nSPS) is 13.1. The molecule has 0 aromatic heterocycles. The Morgan fingerprint density at radius 2 is 1.88 bits per heavy atom. The minimum atomic E-state index is -0.983. The molecule has 0 fully saturated rings. The molecule has 0 aliphatic rings. The SMILES string of the molecule is CCCCNC(=O)C(c1cccc(O)c1)N(CCC)C(=O)C(CS)NC(=O)OC(C)(C)C. The summed E-state index contributed by atoms with van der Waals surface area (Å²) >= 11 is 4.24. The number of thiol groups is 1. The highest BCUT2D eigenvalue weighted by molar-refractivity contribution is 7.80. The summed E-state index contributed by atoms with van der Waals surface area (Å²) in [6, 6.07) is 4.34. The zero-order valence-corrected chi connectivity index (χ0v) is 20.6. The van der Waals surface area contributed by atoms with E-state index in [-0.39, 0.29) is 24.0 Å². The lowest BCUT2D eigenvalue weighted by atomic mass is 10.0. The number of rotatable bonds is 11. The van der Waals surface area contributed by atoms with E-state index in [4.69, 9.17) is 4.74 Å². The van der Waals surface area contributed by atoms with Crippen LogP contribution in [0, 0.1) is 0 Å². The molecule has 0 bridgehead atoms. The third kappa shape index (κ3) is 8.98. The number of hydrogen-bond acceptors (Lipinski definition) is 6. The summed E-state index contributed by atoms with van der Waals surface area (Å²) in [7, 11) is 0. The van der Waals surface area contributed by atoms with Crippen LogP contribution >= 0.6 is 12.6 Å². The number of nitrogens with zero attached hydrogens (tertiary/aromatic N) is 1. The van der Waals surface area contributed by atoms with Gasteiger partial charge in [-0.3, -0.25) is 9.59 Å². The number of unbranched alkanes of at least 4 members (excludes halogenated alkanes) is 1. The molecule has 32 heavy (non-hydrogen) atoms. The standard InChI is InChI=1S/C23H37N3O5S/c1-6-8-12-24-20(28)19(16-10-9-11-17(27)14-16)26(13-7-2)21(29)18(15-32)25-22(30)31-23(3,4)5/h9-11,14,18-19,27,32H,6-8,12-13,15H2,1-5H3,(H,24,28)(H,25,30). The molecule has 2 atom stereocenters. The van der Waals surface area contributed by atoms with Gasteiger partial charge in [-0.05, 0) is 51.3 Å². The Kier molecular flexibility index (Phi) is 11.4. The minimum Gasteiger partial charge on any atom is -0.508 e. The minimum absolute atomic E-state index is 0.00428. The Morgan fingerprint density at radius 1 is 1.19 bits per heavy atom. The molecule has 1 aromatic rings. The van der Waals surface area contributed by atoms with Crippen molar-refractivity contribution in [1.29, 1.82) is 0 Å². The molecule has 0 aliphatic carbocycles. The Balaban J connectivity index is 3.25. The molecular weight excluding hydrogens is 430 g/mol. The number of amides is 3. The first-order chi connectivity index (χ1) is 15.0. The molecule has 8 nitrogen and oxygen atoms in total. The van der Waals surface area contributed by atoms with Gasteiger partial charge < -0.3 is 25.4 Å². The highest BCUT2D eigenvalue weighted by Crippen LogP contribution is 2.26. The van der Waals surface area contributed by atoms with Gasteiger partial charge in [0, 0.05) is 18.8 Å². The topological polar surface area (TPSA) is 108 Å². The summed E-state index contributed by atoms with van der Waals surface area (Å²) in [4.78, 5) is 40.3. The number of carbonyl (C=O) groups excluding carboxylic acids is 3. The Labute approximate surface area is 196 Å². The molecule has 0 saturated heterocycles. The summed E-state index contributed by atoms with van der Waals surface area (Å²) < 4.78 is 5.27. The fraction of sp³-hybridized carbons (Fsp3) is 0.609. The Hall–Kier alpha value is -2.42. The van der Waals surface area contributed by atoms with Gasteiger partial charge in [-0.25, -0.2) is 4.79 Å². The third-order valence-corrected chi connectivity index (χ3v) is 4.86. The molecule has 1 rings (SSSR count). The van der Waals surface area contributed by atoms with Crippen LogP contribution in [-0.2, 0) is 14.3 Å². The van der Waals surface area contributed by atoms with Crippen LogP contribution in [0.25, 0.3) is 0 Å². The van der Waals surface area contributed by atoms with Crippen molar-refractivity contribution in [3.63, 3.8) is 0 Å². The van der Waals surface area contributed by atoms with Crippen LogP contribution in [0.1, 0.15) is 65.5 Å². The predicted molar refractivity (Wildman–Crippen MR) is 128 cm³/mol. The van der Waals surface area contributed by atoms with Gasteiger partial charge >= 0.3 is 6.09 Å². The average molecular weight is 468 g/mol. The molecule has 0 radical (unpaired) electrons. The van der Waals surface area contributed by atoms with E-state index in [1.54, 1.807) is 32.9 Å². The monoisotopic (exact) mass is 467 g/mol. The number of alkyl carbamates (subject to hydrolysis) is 1.